The molecule has 0 radical (unpaired) electrons. The Balaban J connectivity index is 0.000000222. The molecule has 83 heavy (non-hydrogen) atoms. The molecule has 29 heteroatoms. The number of sulfonamides is 2. The molecule has 4 aliphatic rings. The normalized spacial score (nSPS) is 18.1. The minimum absolute atomic E-state index is 0. The predicted molar refractivity (Wildman–Crippen MR) is 294 cm³/mol. The fourth-order valence-electron chi connectivity index (χ4n) is 9.86. The number of alkyl halides is 6. The standard InChI is InChI=1S/C27H29F3N4O5S.C17H17F3N2O5S.C10H14N2O.2ClH/c28-27(29,30)22-4-1-2-6-25(22)40(36,37)34-17-16-32-13-3-5-23(32)24(34)18-38-19-26(35)33-14-9-21(10-15-33)39-20-7-11-31-12-8-20;18-17(19,20)12-4-1-2-6-15(12)28(25,26)22-9-8-21-7-3-5-13(21)14(22)10-27-11-16(23)24;1-5-11-6-2-9(1)13-10-3-7-12-8-4-10;;/h1-8,11-13,21,24H,9-10,14-19H2;1-7,14H,8-11H2,(H,23,24);1-2,5-6,10,12H,3-4,7-8H2;2*1H. The minimum atomic E-state index is -4.84. The summed E-state index contributed by atoms with van der Waals surface area (Å²) in [5.41, 5.74) is -1.37. The van der Waals surface area contributed by atoms with Gasteiger partial charge in [-0.25, -0.2) is 21.6 Å². The van der Waals surface area contributed by atoms with Gasteiger partial charge in [0, 0.05) is 101 Å². The molecular formula is C54H62Cl2F6N8O11S2. The summed E-state index contributed by atoms with van der Waals surface area (Å²) in [4.78, 5) is 31.5. The number of amides is 1. The van der Waals surface area contributed by atoms with Crippen LogP contribution in [0.5, 0.6) is 11.5 Å². The predicted octanol–water partition coefficient (Wildman–Crippen LogP) is 8.14. The summed E-state index contributed by atoms with van der Waals surface area (Å²) in [5, 5.41) is 12.0. The fourth-order valence-corrected chi connectivity index (χ4v) is 13.4. The first-order valence-corrected chi connectivity index (χ1v) is 28.7. The highest BCUT2D eigenvalue weighted by Crippen LogP contribution is 2.40. The number of aromatic nitrogens is 4. The lowest BCUT2D eigenvalue weighted by Gasteiger charge is -2.36. The molecule has 6 aromatic rings. The summed E-state index contributed by atoms with van der Waals surface area (Å²) < 4.78 is 163. The number of carboxylic acid groups (broad SMARTS) is 1. The van der Waals surface area contributed by atoms with Crippen molar-refractivity contribution in [3.8, 4) is 11.5 Å². The molecule has 2 unspecified atom stereocenters. The SMILES string of the molecule is Cl.Cl.O=C(COCC1c2cccn2CCN1S(=O)(=O)c1ccccc1C(F)(F)F)N1CCC(Oc2ccncc2)CC1.O=C(O)COCC1c2cccn2CCN1S(=O)(=O)c1ccccc1C(F)(F)F.c1cc(OC2CCNCC2)ccn1. The molecule has 2 atom stereocenters. The average molecular weight is 1250 g/mol. The van der Waals surface area contributed by atoms with Crippen molar-refractivity contribution in [1.29, 1.82) is 0 Å². The van der Waals surface area contributed by atoms with Gasteiger partial charge in [0.15, 0.2) is 0 Å². The van der Waals surface area contributed by atoms with E-state index >= 15 is 0 Å². The number of fused-ring (bicyclic) bond motifs is 2. The van der Waals surface area contributed by atoms with Crippen LogP contribution in [0.3, 0.4) is 0 Å². The van der Waals surface area contributed by atoms with Crippen molar-refractivity contribution in [3.63, 3.8) is 0 Å². The number of carbonyl (C=O) groups excluding carboxylic acids is 1. The van der Waals surface area contributed by atoms with Gasteiger partial charge in [0.05, 0.1) is 46.2 Å². The quantitative estimate of drug-likeness (QED) is 0.0875. The van der Waals surface area contributed by atoms with Crippen molar-refractivity contribution in [2.24, 2.45) is 0 Å². The van der Waals surface area contributed by atoms with Crippen molar-refractivity contribution >= 4 is 56.7 Å². The number of nitrogens with one attached hydrogen (secondary N) is 1. The molecule has 2 N–H and O–H groups in total. The Bertz CT molecular complexity index is 3260. The maximum atomic E-state index is 13.7. The highest BCUT2D eigenvalue weighted by atomic mass is 35.5. The number of likely N-dealkylation sites (tertiary alicyclic amines) is 1. The molecule has 2 aromatic carbocycles. The molecule has 19 nitrogen and oxygen atoms in total. The smallest absolute Gasteiger partial charge is 0.417 e. The van der Waals surface area contributed by atoms with Crippen LogP contribution >= 0.6 is 24.8 Å². The Morgan fingerprint density at radius 1 is 0.554 bits per heavy atom. The van der Waals surface area contributed by atoms with Crippen LogP contribution in [-0.4, -0.2) is 144 Å². The second-order valence-corrected chi connectivity index (χ2v) is 22.8. The highest BCUT2D eigenvalue weighted by Gasteiger charge is 2.44. The van der Waals surface area contributed by atoms with Gasteiger partial charge in [0.2, 0.25) is 26.0 Å². The third kappa shape index (κ3) is 17.0. The fraction of sp³-hybridized carbons (Fsp3) is 0.407. The van der Waals surface area contributed by atoms with E-state index in [2.05, 4.69) is 15.3 Å². The van der Waals surface area contributed by atoms with Gasteiger partial charge in [-0.05, 0) is 98.7 Å². The van der Waals surface area contributed by atoms with Crippen LogP contribution in [0.25, 0.3) is 0 Å². The number of carbonyl (C=O) groups is 2. The molecule has 4 aromatic heterocycles. The maximum absolute atomic E-state index is 13.7. The molecule has 8 heterocycles. The number of hydrogen-bond donors (Lipinski definition) is 2. The molecule has 2 saturated heterocycles. The number of aliphatic carboxylic acids is 1. The van der Waals surface area contributed by atoms with Crippen LogP contribution in [0.1, 0.15) is 60.3 Å². The van der Waals surface area contributed by atoms with E-state index in [1.807, 2.05) is 16.7 Å². The monoisotopic (exact) mass is 1250 g/mol. The minimum Gasteiger partial charge on any atom is -0.490 e. The van der Waals surface area contributed by atoms with E-state index in [-0.39, 0.29) is 82.8 Å². The number of nitrogens with zero attached hydrogens (tertiary/aromatic N) is 7. The van der Waals surface area contributed by atoms with Gasteiger partial charge in [0.1, 0.15) is 36.9 Å². The zero-order valence-electron chi connectivity index (χ0n) is 44.4. The van der Waals surface area contributed by atoms with E-state index in [0.29, 0.717) is 43.4 Å². The zero-order valence-corrected chi connectivity index (χ0v) is 47.7. The largest absolute Gasteiger partial charge is 0.490 e. The van der Waals surface area contributed by atoms with Crippen LogP contribution in [0.15, 0.2) is 144 Å². The van der Waals surface area contributed by atoms with Gasteiger partial charge >= 0.3 is 18.3 Å². The van der Waals surface area contributed by atoms with Gasteiger partial charge in [-0.3, -0.25) is 14.8 Å². The second kappa shape index (κ2) is 29.5. The van der Waals surface area contributed by atoms with Crippen molar-refractivity contribution in [2.75, 3.05) is 65.7 Å². The Morgan fingerprint density at radius 2 is 0.964 bits per heavy atom. The van der Waals surface area contributed by atoms with Gasteiger partial charge in [-0.1, -0.05) is 24.3 Å². The number of rotatable bonds is 16. The van der Waals surface area contributed by atoms with Crippen LogP contribution in [-0.2, 0) is 64.6 Å². The summed E-state index contributed by atoms with van der Waals surface area (Å²) in [6.45, 7) is 2.11. The van der Waals surface area contributed by atoms with Crippen molar-refractivity contribution in [3.05, 3.63) is 157 Å². The van der Waals surface area contributed by atoms with Crippen LogP contribution in [0.4, 0.5) is 26.3 Å². The lowest BCUT2D eigenvalue weighted by Crippen LogP contribution is -2.45. The van der Waals surface area contributed by atoms with E-state index in [9.17, 15) is 52.8 Å². The zero-order chi connectivity index (χ0) is 57.8. The second-order valence-electron chi connectivity index (χ2n) is 19.1. The summed E-state index contributed by atoms with van der Waals surface area (Å²) in [6, 6.07) is 20.4. The van der Waals surface area contributed by atoms with E-state index in [1.54, 1.807) is 83.0 Å². The third-order valence-corrected chi connectivity index (χ3v) is 17.7. The van der Waals surface area contributed by atoms with E-state index in [1.165, 1.54) is 12.1 Å². The highest BCUT2D eigenvalue weighted by molar-refractivity contribution is 7.89. The van der Waals surface area contributed by atoms with Gasteiger partial charge in [0.25, 0.3) is 0 Å². The van der Waals surface area contributed by atoms with Crippen molar-refractivity contribution in [2.45, 2.75) is 85.2 Å². The van der Waals surface area contributed by atoms with Gasteiger partial charge in [-0.2, -0.15) is 35.0 Å². The number of ether oxygens (including phenoxy) is 4. The number of carboxylic acids is 1. The molecule has 10 rings (SSSR count). The number of piperidine rings is 2. The molecule has 0 saturated carbocycles. The lowest BCUT2D eigenvalue weighted by molar-refractivity contribution is -0.143. The number of pyridine rings is 2. The molecule has 2 fully saturated rings. The number of benzene rings is 2. The maximum Gasteiger partial charge on any atom is 0.417 e. The first-order chi connectivity index (χ1) is 38.7. The van der Waals surface area contributed by atoms with Crippen LogP contribution in [0.2, 0.25) is 0 Å². The van der Waals surface area contributed by atoms with E-state index in [0.717, 1.165) is 82.4 Å². The van der Waals surface area contributed by atoms with Gasteiger partial charge in [-0.15, -0.1) is 24.8 Å². The Kier molecular flexibility index (Phi) is 23.4. The number of halogens is 8. The molecular weight excluding hydrogens is 1190 g/mol. The third-order valence-electron chi connectivity index (χ3n) is 13.8. The molecule has 1 amide bonds. The first-order valence-electron chi connectivity index (χ1n) is 25.9. The summed E-state index contributed by atoms with van der Waals surface area (Å²) in [7, 11) is -9.07. The first kappa shape index (κ1) is 65.8. The van der Waals surface area contributed by atoms with Crippen molar-refractivity contribution < 1.29 is 76.8 Å². The Morgan fingerprint density at radius 3 is 1.39 bits per heavy atom. The summed E-state index contributed by atoms with van der Waals surface area (Å²) in [5.74, 6) is 0.174. The Labute approximate surface area is 488 Å². The number of hydrogen-bond acceptors (Lipinski definition) is 13. The molecule has 452 valence electrons. The Hall–Kier alpha value is -6.30. The van der Waals surface area contributed by atoms with Crippen molar-refractivity contribution in [1.82, 2.24) is 37.9 Å². The van der Waals surface area contributed by atoms with Crippen LogP contribution < -0.4 is 14.8 Å². The van der Waals surface area contributed by atoms with Gasteiger partial charge < -0.3 is 43.4 Å². The topological polar surface area (TPSA) is 217 Å². The van der Waals surface area contributed by atoms with Crippen LogP contribution in [0, 0.1) is 0 Å². The molecule has 0 aliphatic carbocycles. The molecule has 0 spiro atoms. The molecule has 0 bridgehead atoms. The summed E-state index contributed by atoms with van der Waals surface area (Å²) in [6.07, 6.45) is 4.48. The lowest BCUT2D eigenvalue weighted by atomic mass is 10.1. The van der Waals surface area contributed by atoms with E-state index < -0.39 is 78.0 Å². The molecule has 4 aliphatic heterocycles. The van der Waals surface area contributed by atoms with E-state index in [4.69, 9.17) is 24.1 Å². The summed E-state index contributed by atoms with van der Waals surface area (Å²) >= 11 is 0. The average Bonchev–Trinajstić information content (AvgIpc) is 3.68.